The number of benzene rings is 1. The summed E-state index contributed by atoms with van der Waals surface area (Å²) in [6.45, 7) is 10.3. The number of carbonyl (C=O) groups is 1. The van der Waals surface area contributed by atoms with Crippen molar-refractivity contribution in [3.8, 4) is 5.75 Å². The molecule has 0 bridgehead atoms. The van der Waals surface area contributed by atoms with Crippen molar-refractivity contribution >= 4 is 5.97 Å². The average Bonchev–Trinajstić information content (AvgIpc) is 2.73. The Morgan fingerprint density at radius 2 is 1.22 bits per heavy atom. The summed E-state index contributed by atoms with van der Waals surface area (Å²) in [6.07, 6.45) is 28.3. The molecule has 0 amide bonds. The standard InChI is InChI=1S/C30H42O2/c1-6-7-8-9-10-11-12-13-14-15-16-17-18-19-20-21-25(2)24-29(31)32-30-27(4)22-26(3)23-28(30)5/h7-8,10-11,13-14,16-17,19-20,22-23,25H,6,9,12,15,18,21,24H2,1-5H3. The van der Waals surface area contributed by atoms with Crippen molar-refractivity contribution in [2.45, 2.75) is 79.6 Å². The molecule has 2 nitrogen and oxygen atoms in total. The van der Waals surface area contributed by atoms with Gasteiger partial charge in [0.25, 0.3) is 0 Å². The van der Waals surface area contributed by atoms with Crippen LogP contribution >= 0.6 is 0 Å². The summed E-state index contributed by atoms with van der Waals surface area (Å²) in [4.78, 5) is 12.3. The number of hydrogen-bond acceptors (Lipinski definition) is 2. The lowest BCUT2D eigenvalue weighted by atomic mass is 10.0. The van der Waals surface area contributed by atoms with Gasteiger partial charge in [0, 0.05) is 6.42 Å². The third-order valence-corrected chi connectivity index (χ3v) is 5.03. The van der Waals surface area contributed by atoms with E-state index >= 15 is 0 Å². The van der Waals surface area contributed by atoms with E-state index in [0.29, 0.717) is 12.2 Å². The highest BCUT2D eigenvalue weighted by atomic mass is 16.5. The van der Waals surface area contributed by atoms with E-state index in [2.05, 4.69) is 93.7 Å². The second-order valence-corrected chi connectivity index (χ2v) is 8.45. The van der Waals surface area contributed by atoms with E-state index in [-0.39, 0.29) is 11.9 Å². The lowest BCUT2D eigenvalue weighted by molar-refractivity contribution is -0.135. The molecule has 32 heavy (non-hydrogen) atoms. The molecule has 2 heteroatoms. The van der Waals surface area contributed by atoms with Gasteiger partial charge >= 0.3 is 5.97 Å². The van der Waals surface area contributed by atoms with Crippen LogP contribution in [-0.2, 0) is 4.79 Å². The first-order valence-corrected chi connectivity index (χ1v) is 12.0. The quantitative estimate of drug-likeness (QED) is 0.166. The molecule has 0 heterocycles. The summed E-state index contributed by atoms with van der Waals surface area (Å²) in [5, 5.41) is 0. The molecule has 0 saturated heterocycles. The molecule has 0 aliphatic rings. The predicted octanol–water partition coefficient (Wildman–Crippen LogP) is 8.68. The minimum atomic E-state index is -0.153. The Morgan fingerprint density at radius 3 is 1.69 bits per heavy atom. The molecule has 0 radical (unpaired) electrons. The smallest absolute Gasteiger partial charge is 0.311 e. The first-order valence-electron chi connectivity index (χ1n) is 12.0. The Hall–Kier alpha value is -2.61. The number of esters is 1. The van der Waals surface area contributed by atoms with Crippen LogP contribution in [0.1, 0.15) is 75.5 Å². The molecule has 1 rings (SSSR count). The van der Waals surface area contributed by atoms with Gasteiger partial charge in [0.1, 0.15) is 5.75 Å². The van der Waals surface area contributed by atoms with E-state index in [1.54, 1.807) is 0 Å². The minimum absolute atomic E-state index is 0.153. The molecule has 0 spiro atoms. The van der Waals surface area contributed by atoms with Gasteiger partial charge in [0.2, 0.25) is 0 Å². The van der Waals surface area contributed by atoms with Crippen LogP contribution in [0, 0.1) is 26.7 Å². The van der Waals surface area contributed by atoms with Gasteiger partial charge in [-0.05, 0) is 76.3 Å². The minimum Gasteiger partial charge on any atom is -0.426 e. The Kier molecular flexibility index (Phi) is 14.6. The van der Waals surface area contributed by atoms with Gasteiger partial charge in [-0.3, -0.25) is 4.79 Å². The van der Waals surface area contributed by atoms with E-state index in [0.717, 1.165) is 49.7 Å². The van der Waals surface area contributed by atoms with Crippen LogP contribution in [0.5, 0.6) is 5.75 Å². The highest BCUT2D eigenvalue weighted by Gasteiger charge is 2.13. The van der Waals surface area contributed by atoms with Gasteiger partial charge in [0.15, 0.2) is 0 Å². The molecule has 1 atom stereocenters. The largest absolute Gasteiger partial charge is 0.426 e. The average molecular weight is 435 g/mol. The van der Waals surface area contributed by atoms with Gasteiger partial charge in [-0.15, -0.1) is 0 Å². The molecule has 0 aliphatic carbocycles. The van der Waals surface area contributed by atoms with E-state index in [9.17, 15) is 4.79 Å². The van der Waals surface area contributed by atoms with Crippen molar-refractivity contribution < 1.29 is 9.53 Å². The maximum Gasteiger partial charge on any atom is 0.311 e. The van der Waals surface area contributed by atoms with Crippen molar-refractivity contribution in [2.75, 3.05) is 0 Å². The van der Waals surface area contributed by atoms with E-state index in [1.807, 2.05) is 13.8 Å². The topological polar surface area (TPSA) is 26.3 Å². The normalized spacial score (nSPS) is 13.4. The number of ether oxygens (including phenoxy) is 1. The van der Waals surface area contributed by atoms with Crippen molar-refractivity contribution in [1.29, 1.82) is 0 Å². The lowest BCUT2D eigenvalue weighted by Crippen LogP contribution is -2.13. The molecular weight excluding hydrogens is 392 g/mol. The molecule has 1 aromatic carbocycles. The van der Waals surface area contributed by atoms with Crippen LogP contribution < -0.4 is 4.74 Å². The zero-order chi connectivity index (χ0) is 23.6. The van der Waals surface area contributed by atoms with Crippen molar-refractivity contribution in [2.24, 2.45) is 5.92 Å². The van der Waals surface area contributed by atoms with Gasteiger partial charge in [-0.25, -0.2) is 0 Å². The number of carbonyl (C=O) groups excluding carboxylic acids is 1. The van der Waals surface area contributed by atoms with Crippen LogP contribution in [0.2, 0.25) is 0 Å². The Bertz CT molecular complexity index is 798. The highest BCUT2D eigenvalue weighted by Crippen LogP contribution is 2.25. The SMILES string of the molecule is CCC=CCC=CCC=CCC=CCC=CCC(C)CC(=O)Oc1c(C)cc(C)cc1C. The monoisotopic (exact) mass is 434 g/mol. The molecule has 1 unspecified atom stereocenters. The Morgan fingerprint density at radius 1 is 0.781 bits per heavy atom. The molecule has 0 N–H and O–H groups in total. The molecule has 0 aliphatic heterocycles. The van der Waals surface area contributed by atoms with E-state index in [1.165, 1.54) is 5.56 Å². The summed E-state index contributed by atoms with van der Waals surface area (Å²) in [7, 11) is 0. The van der Waals surface area contributed by atoms with Crippen LogP contribution in [0.15, 0.2) is 72.9 Å². The predicted molar refractivity (Wildman–Crippen MR) is 139 cm³/mol. The van der Waals surface area contributed by atoms with Gasteiger partial charge in [-0.1, -0.05) is 92.3 Å². The van der Waals surface area contributed by atoms with Crippen molar-refractivity contribution in [3.63, 3.8) is 0 Å². The second kappa shape index (κ2) is 17.0. The van der Waals surface area contributed by atoms with Crippen molar-refractivity contribution in [3.05, 3.63) is 89.6 Å². The summed E-state index contributed by atoms with van der Waals surface area (Å²) in [5.41, 5.74) is 3.22. The van der Waals surface area contributed by atoms with Gasteiger partial charge in [0.05, 0.1) is 0 Å². The van der Waals surface area contributed by atoms with Crippen LogP contribution in [0.4, 0.5) is 0 Å². The molecule has 1 aromatic rings. The van der Waals surface area contributed by atoms with E-state index in [4.69, 9.17) is 4.74 Å². The fourth-order valence-electron chi connectivity index (χ4n) is 3.43. The van der Waals surface area contributed by atoms with Crippen LogP contribution in [0.25, 0.3) is 0 Å². The summed E-state index contributed by atoms with van der Waals surface area (Å²) in [6, 6.07) is 4.10. The zero-order valence-corrected chi connectivity index (χ0v) is 20.8. The number of allylic oxidation sites excluding steroid dienone is 10. The molecular formula is C30H42O2. The second-order valence-electron chi connectivity index (χ2n) is 8.45. The summed E-state index contributed by atoms with van der Waals surface area (Å²) in [5.74, 6) is 0.824. The van der Waals surface area contributed by atoms with Crippen molar-refractivity contribution in [1.82, 2.24) is 0 Å². The Labute approximate surface area is 196 Å². The third kappa shape index (κ3) is 12.9. The number of hydrogen-bond donors (Lipinski definition) is 0. The first kappa shape index (κ1) is 27.4. The number of aryl methyl sites for hydroxylation is 3. The fraction of sp³-hybridized carbons (Fsp3) is 0.433. The molecule has 0 saturated carbocycles. The third-order valence-electron chi connectivity index (χ3n) is 5.03. The molecule has 174 valence electrons. The maximum absolute atomic E-state index is 12.3. The number of rotatable bonds is 14. The zero-order valence-electron chi connectivity index (χ0n) is 20.8. The highest BCUT2D eigenvalue weighted by molar-refractivity contribution is 5.73. The summed E-state index contributed by atoms with van der Waals surface area (Å²) >= 11 is 0. The van der Waals surface area contributed by atoms with Gasteiger partial charge in [-0.2, -0.15) is 0 Å². The molecule has 0 fully saturated rings. The van der Waals surface area contributed by atoms with Gasteiger partial charge < -0.3 is 4.74 Å². The van der Waals surface area contributed by atoms with Crippen LogP contribution in [-0.4, -0.2) is 5.97 Å². The Balaban J connectivity index is 2.19. The van der Waals surface area contributed by atoms with Crippen LogP contribution in [0.3, 0.4) is 0 Å². The fourth-order valence-corrected chi connectivity index (χ4v) is 3.43. The lowest BCUT2D eigenvalue weighted by Gasteiger charge is -2.13. The van der Waals surface area contributed by atoms with E-state index < -0.39 is 0 Å². The summed E-state index contributed by atoms with van der Waals surface area (Å²) < 4.78 is 5.64. The maximum atomic E-state index is 12.3. The molecule has 0 aromatic heterocycles. The first-order chi connectivity index (χ1) is 15.4.